The average molecular weight is 433 g/mol. The summed E-state index contributed by atoms with van der Waals surface area (Å²) in [6.07, 6.45) is 1.28. The van der Waals surface area contributed by atoms with Crippen LogP contribution < -0.4 is 10.2 Å². The lowest BCUT2D eigenvalue weighted by Crippen LogP contribution is -2.38. The van der Waals surface area contributed by atoms with Crippen LogP contribution in [0.15, 0.2) is 47.0 Å². The second-order valence-corrected chi connectivity index (χ2v) is 7.70. The fraction of sp³-hybridized carbons (Fsp3) is 0.250. The van der Waals surface area contributed by atoms with E-state index in [0.29, 0.717) is 59.1 Å². The molecule has 2 aromatic carbocycles. The molecule has 4 rings (SSSR count). The highest BCUT2D eigenvalue weighted by atomic mass is 35.5. The molecule has 1 aliphatic heterocycles. The number of para-hydroxylation sites is 2. The summed E-state index contributed by atoms with van der Waals surface area (Å²) < 4.78 is 5.39. The van der Waals surface area contributed by atoms with Crippen LogP contribution in [-0.2, 0) is 4.79 Å². The van der Waals surface area contributed by atoms with Crippen molar-refractivity contribution in [3.63, 3.8) is 0 Å². The topological polar surface area (TPSA) is 91.5 Å². The summed E-state index contributed by atoms with van der Waals surface area (Å²) >= 11 is 12.1. The highest BCUT2D eigenvalue weighted by molar-refractivity contribution is 6.35. The van der Waals surface area contributed by atoms with Crippen molar-refractivity contribution in [1.29, 1.82) is 0 Å². The van der Waals surface area contributed by atoms with Crippen molar-refractivity contribution in [1.82, 2.24) is 10.1 Å². The van der Waals surface area contributed by atoms with Gasteiger partial charge in [-0.2, -0.15) is 4.98 Å². The number of aromatic hydroxyl groups is 1. The lowest BCUT2D eigenvalue weighted by Gasteiger charge is -2.29. The molecule has 3 aromatic rings. The molecule has 150 valence electrons. The van der Waals surface area contributed by atoms with Crippen molar-refractivity contribution in [3.05, 3.63) is 52.5 Å². The summed E-state index contributed by atoms with van der Waals surface area (Å²) in [7, 11) is 0. The SMILES string of the molecule is O=C(Nc1ccccc1O)C1CCN(c2nc(-c3cc(Cl)cc(Cl)c3)no2)CC1. The Kier molecular flexibility index (Phi) is 5.60. The summed E-state index contributed by atoms with van der Waals surface area (Å²) in [4.78, 5) is 18.9. The Balaban J connectivity index is 1.38. The van der Waals surface area contributed by atoms with E-state index < -0.39 is 0 Å². The number of hydrogen-bond donors (Lipinski definition) is 2. The van der Waals surface area contributed by atoms with Crippen LogP contribution in [0.25, 0.3) is 11.4 Å². The predicted molar refractivity (Wildman–Crippen MR) is 111 cm³/mol. The zero-order valence-electron chi connectivity index (χ0n) is 15.3. The molecule has 2 N–H and O–H groups in total. The van der Waals surface area contributed by atoms with Gasteiger partial charge in [0, 0.05) is 34.6 Å². The van der Waals surface area contributed by atoms with Gasteiger partial charge >= 0.3 is 6.01 Å². The number of piperidine rings is 1. The van der Waals surface area contributed by atoms with Gasteiger partial charge < -0.3 is 19.8 Å². The van der Waals surface area contributed by atoms with E-state index in [4.69, 9.17) is 27.7 Å². The maximum absolute atomic E-state index is 12.5. The van der Waals surface area contributed by atoms with Crippen molar-refractivity contribution >= 4 is 40.8 Å². The number of phenols is 1. The number of carbonyl (C=O) groups is 1. The summed E-state index contributed by atoms with van der Waals surface area (Å²) in [6, 6.07) is 12.2. The van der Waals surface area contributed by atoms with E-state index in [2.05, 4.69) is 15.5 Å². The van der Waals surface area contributed by atoms with E-state index in [-0.39, 0.29) is 17.6 Å². The quantitative estimate of drug-likeness (QED) is 0.585. The largest absolute Gasteiger partial charge is 0.506 e. The number of amides is 1. The second-order valence-electron chi connectivity index (χ2n) is 6.83. The Morgan fingerprint density at radius 3 is 2.52 bits per heavy atom. The van der Waals surface area contributed by atoms with Gasteiger partial charge in [-0.25, -0.2) is 0 Å². The number of halogens is 2. The van der Waals surface area contributed by atoms with Gasteiger partial charge in [-0.15, -0.1) is 0 Å². The lowest BCUT2D eigenvalue weighted by atomic mass is 9.96. The number of phenolic OH excluding ortho intramolecular Hbond substituents is 1. The maximum atomic E-state index is 12.5. The van der Waals surface area contributed by atoms with Crippen LogP contribution >= 0.6 is 23.2 Å². The smallest absolute Gasteiger partial charge is 0.324 e. The van der Waals surface area contributed by atoms with Crippen molar-refractivity contribution in [2.45, 2.75) is 12.8 Å². The number of benzene rings is 2. The fourth-order valence-corrected chi connectivity index (χ4v) is 3.82. The maximum Gasteiger partial charge on any atom is 0.324 e. The zero-order chi connectivity index (χ0) is 20.4. The third-order valence-corrected chi connectivity index (χ3v) is 5.27. The Morgan fingerprint density at radius 2 is 1.83 bits per heavy atom. The number of rotatable bonds is 4. The van der Waals surface area contributed by atoms with Gasteiger partial charge in [0.25, 0.3) is 0 Å². The minimum absolute atomic E-state index is 0.0535. The first-order valence-electron chi connectivity index (χ1n) is 9.13. The molecule has 2 heterocycles. The van der Waals surface area contributed by atoms with Crippen LogP contribution in [0.4, 0.5) is 11.7 Å². The molecule has 1 aliphatic rings. The van der Waals surface area contributed by atoms with Crippen LogP contribution in [-0.4, -0.2) is 34.2 Å². The molecule has 7 nitrogen and oxygen atoms in total. The Morgan fingerprint density at radius 1 is 1.14 bits per heavy atom. The van der Waals surface area contributed by atoms with Crippen molar-refractivity contribution in [2.24, 2.45) is 5.92 Å². The number of carbonyl (C=O) groups excluding carboxylic acids is 1. The Labute approximate surface area is 177 Å². The first kappa shape index (κ1) is 19.5. The molecule has 1 amide bonds. The number of nitrogens with zero attached hydrogens (tertiary/aromatic N) is 3. The van der Waals surface area contributed by atoms with Crippen molar-refractivity contribution in [3.8, 4) is 17.1 Å². The molecule has 0 saturated carbocycles. The Bertz CT molecular complexity index is 1010. The van der Waals surface area contributed by atoms with Crippen LogP contribution in [0, 0.1) is 5.92 Å². The van der Waals surface area contributed by atoms with Crippen LogP contribution in [0.3, 0.4) is 0 Å². The van der Waals surface area contributed by atoms with E-state index in [1.165, 1.54) is 0 Å². The molecule has 1 saturated heterocycles. The molecule has 0 atom stereocenters. The molecule has 9 heteroatoms. The first-order valence-corrected chi connectivity index (χ1v) is 9.89. The van der Waals surface area contributed by atoms with E-state index in [1.54, 1.807) is 42.5 Å². The van der Waals surface area contributed by atoms with Gasteiger partial charge in [-0.3, -0.25) is 4.79 Å². The van der Waals surface area contributed by atoms with Gasteiger partial charge in [0.15, 0.2) is 0 Å². The molecule has 29 heavy (non-hydrogen) atoms. The molecule has 1 fully saturated rings. The number of nitrogens with one attached hydrogen (secondary N) is 1. The molecular weight excluding hydrogens is 415 g/mol. The van der Waals surface area contributed by atoms with Gasteiger partial charge in [0.1, 0.15) is 5.75 Å². The molecule has 0 bridgehead atoms. The summed E-state index contributed by atoms with van der Waals surface area (Å²) in [5, 5.41) is 17.6. The van der Waals surface area contributed by atoms with Gasteiger partial charge in [0.2, 0.25) is 11.7 Å². The fourth-order valence-electron chi connectivity index (χ4n) is 3.29. The van der Waals surface area contributed by atoms with Gasteiger partial charge in [0.05, 0.1) is 5.69 Å². The molecular formula is C20H18Cl2N4O3. The first-order chi connectivity index (χ1) is 14.0. The van der Waals surface area contributed by atoms with Crippen LogP contribution in [0.2, 0.25) is 10.0 Å². The molecule has 0 radical (unpaired) electrons. The summed E-state index contributed by atoms with van der Waals surface area (Å²) in [5.41, 5.74) is 1.09. The minimum Gasteiger partial charge on any atom is -0.506 e. The monoisotopic (exact) mass is 432 g/mol. The van der Waals surface area contributed by atoms with Gasteiger partial charge in [-0.1, -0.05) is 40.5 Å². The van der Waals surface area contributed by atoms with Crippen LogP contribution in [0.5, 0.6) is 5.75 Å². The van der Waals surface area contributed by atoms with Gasteiger partial charge in [-0.05, 0) is 43.2 Å². The minimum atomic E-state index is -0.153. The standard InChI is InChI=1S/C20H18Cl2N4O3/c21-14-9-13(10-15(22)11-14)18-24-20(29-25-18)26-7-5-12(6-8-26)19(28)23-16-3-1-2-4-17(16)27/h1-4,9-12,27H,5-8H2,(H,23,28). The third kappa shape index (κ3) is 4.46. The van der Waals surface area contributed by atoms with E-state index in [9.17, 15) is 9.90 Å². The van der Waals surface area contributed by atoms with E-state index >= 15 is 0 Å². The lowest BCUT2D eigenvalue weighted by molar-refractivity contribution is -0.120. The Hall–Kier alpha value is -2.77. The highest BCUT2D eigenvalue weighted by Gasteiger charge is 2.28. The second kappa shape index (κ2) is 8.31. The average Bonchev–Trinajstić information content (AvgIpc) is 3.19. The van der Waals surface area contributed by atoms with Crippen molar-refractivity contribution < 1.29 is 14.4 Å². The van der Waals surface area contributed by atoms with Crippen molar-refractivity contribution in [2.75, 3.05) is 23.3 Å². The van der Waals surface area contributed by atoms with E-state index in [1.807, 2.05) is 4.90 Å². The van der Waals surface area contributed by atoms with Crippen LogP contribution in [0.1, 0.15) is 12.8 Å². The third-order valence-electron chi connectivity index (χ3n) is 4.83. The molecule has 0 spiro atoms. The normalized spacial score (nSPS) is 14.8. The molecule has 0 aliphatic carbocycles. The molecule has 0 unspecified atom stereocenters. The van der Waals surface area contributed by atoms with E-state index in [0.717, 1.165) is 0 Å². The number of hydrogen-bond acceptors (Lipinski definition) is 6. The zero-order valence-corrected chi connectivity index (χ0v) is 16.8. The summed E-state index contributed by atoms with van der Waals surface area (Å²) in [5.74, 6) is 0.201. The number of aromatic nitrogens is 2. The predicted octanol–water partition coefficient (Wildman–Crippen LogP) is 4.60. The summed E-state index contributed by atoms with van der Waals surface area (Å²) in [6.45, 7) is 1.22. The molecule has 1 aromatic heterocycles. The highest BCUT2D eigenvalue weighted by Crippen LogP contribution is 2.29. The number of anilines is 2.